The van der Waals surface area contributed by atoms with Crippen molar-refractivity contribution in [3.8, 4) is 0 Å². The standard InChI is InChI=1S/C11H17Br3O4/c1-11(2-3-15,8(12)5-9(13)14)6-7(16)4-10(17)18/h8-9,15H,2-6H2,1H3,(H,17,18). The molecule has 0 amide bonds. The number of carbonyl (C=O) groups excluding carboxylic acids is 1. The molecule has 0 aromatic carbocycles. The van der Waals surface area contributed by atoms with Crippen LogP contribution in [-0.4, -0.2) is 37.1 Å². The van der Waals surface area contributed by atoms with Crippen molar-refractivity contribution in [3.05, 3.63) is 0 Å². The maximum atomic E-state index is 11.6. The molecule has 7 heteroatoms. The molecule has 0 saturated carbocycles. The lowest BCUT2D eigenvalue weighted by Gasteiger charge is -2.34. The fourth-order valence-corrected chi connectivity index (χ4v) is 4.25. The van der Waals surface area contributed by atoms with Gasteiger partial charge in [-0.15, -0.1) is 0 Å². The molecule has 0 radical (unpaired) electrons. The third-order valence-electron chi connectivity index (χ3n) is 2.77. The molecule has 0 aromatic heterocycles. The third kappa shape index (κ3) is 7.21. The smallest absolute Gasteiger partial charge is 0.310 e. The highest BCUT2D eigenvalue weighted by Crippen LogP contribution is 2.39. The zero-order valence-corrected chi connectivity index (χ0v) is 14.8. The van der Waals surface area contributed by atoms with Gasteiger partial charge in [-0.1, -0.05) is 54.7 Å². The summed E-state index contributed by atoms with van der Waals surface area (Å²) in [5.41, 5.74) is -0.457. The monoisotopic (exact) mass is 450 g/mol. The van der Waals surface area contributed by atoms with Crippen LogP contribution in [0.2, 0.25) is 0 Å². The Labute approximate surface area is 132 Å². The molecule has 0 aliphatic heterocycles. The molecule has 4 nitrogen and oxygen atoms in total. The zero-order chi connectivity index (χ0) is 14.3. The van der Waals surface area contributed by atoms with Crippen LogP contribution in [0.5, 0.6) is 0 Å². The Kier molecular flexibility index (Phi) is 8.92. The SMILES string of the molecule is CC(CCO)(CC(=O)CC(=O)O)C(Br)CC(Br)Br. The average molecular weight is 453 g/mol. The van der Waals surface area contributed by atoms with E-state index in [2.05, 4.69) is 47.8 Å². The Hall–Kier alpha value is 0.540. The maximum absolute atomic E-state index is 11.6. The number of alkyl halides is 3. The topological polar surface area (TPSA) is 74.6 Å². The summed E-state index contributed by atoms with van der Waals surface area (Å²) in [5, 5.41) is 17.7. The first-order valence-electron chi connectivity index (χ1n) is 5.48. The van der Waals surface area contributed by atoms with Gasteiger partial charge < -0.3 is 10.2 Å². The third-order valence-corrected chi connectivity index (χ3v) is 5.00. The second kappa shape index (κ2) is 8.66. The van der Waals surface area contributed by atoms with Crippen LogP contribution >= 0.6 is 47.8 Å². The van der Waals surface area contributed by atoms with E-state index in [1.165, 1.54) is 0 Å². The van der Waals surface area contributed by atoms with Crippen molar-refractivity contribution < 1.29 is 19.8 Å². The van der Waals surface area contributed by atoms with E-state index in [4.69, 9.17) is 10.2 Å². The van der Waals surface area contributed by atoms with Crippen LogP contribution in [-0.2, 0) is 9.59 Å². The lowest BCUT2D eigenvalue weighted by Crippen LogP contribution is -2.33. The molecule has 2 atom stereocenters. The van der Waals surface area contributed by atoms with Gasteiger partial charge in [0.25, 0.3) is 0 Å². The Morgan fingerprint density at radius 2 is 1.83 bits per heavy atom. The van der Waals surface area contributed by atoms with E-state index in [0.29, 0.717) is 6.42 Å². The van der Waals surface area contributed by atoms with Gasteiger partial charge in [0.05, 0.1) is 3.74 Å². The van der Waals surface area contributed by atoms with Crippen LogP contribution in [0, 0.1) is 5.41 Å². The Balaban J connectivity index is 4.68. The maximum Gasteiger partial charge on any atom is 0.310 e. The fourth-order valence-electron chi connectivity index (χ4n) is 1.73. The molecule has 0 heterocycles. The first-order chi connectivity index (χ1) is 8.21. The summed E-state index contributed by atoms with van der Waals surface area (Å²) in [5.74, 6) is -1.43. The highest BCUT2D eigenvalue weighted by molar-refractivity contribution is 9.24. The van der Waals surface area contributed by atoms with Crippen molar-refractivity contribution >= 4 is 59.5 Å². The molecule has 2 unspecified atom stereocenters. The molecule has 18 heavy (non-hydrogen) atoms. The van der Waals surface area contributed by atoms with Crippen LogP contribution in [0.4, 0.5) is 0 Å². The quantitative estimate of drug-likeness (QED) is 0.416. The Bertz CT molecular complexity index is 296. The minimum Gasteiger partial charge on any atom is -0.481 e. The first-order valence-corrected chi connectivity index (χ1v) is 8.22. The van der Waals surface area contributed by atoms with Gasteiger partial charge in [-0.2, -0.15) is 0 Å². The van der Waals surface area contributed by atoms with Gasteiger partial charge in [-0.3, -0.25) is 9.59 Å². The lowest BCUT2D eigenvalue weighted by molar-refractivity contribution is -0.140. The predicted molar refractivity (Wildman–Crippen MR) is 80.7 cm³/mol. The number of hydrogen-bond acceptors (Lipinski definition) is 3. The van der Waals surface area contributed by atoms with Crippen LogP contribution < -0.4 is 0 Å². The summed E-state index contributed by atoms with van der Waals surface area (Å²) in [4.78, 5) is 22.1. The molecule has 0 aromatic rings. The van der Waals surface area contributed by atoms with Gasteiger partial charge in [0.15, 0.2) is 0 Å². The van der Waals surface area contributed by atoms with Crippen LogP contribution in [0.1, 0.15) is 32.6 Å². The van der Waals surface area contributed by atoms with Crippen molar-refractivity contribution in [2.75, 3.05) is 6.61 Å². The number of Topliss-reactive ketones (excluding diaryl/α,β-unsaturated/α-hetero) is 1. The Morgan fingerprint density at radius 1 is 1.28 bits per heavy atom. The molecule has 0 aliphatic rings. The molecule has 106 valence electrons. The number of halogens is 3. The molecule has 0 bridgehead atoms. The molecule has 0 spiro atoms. The van der Waals surface area contributed by atoms with Gasteiger partial charge in [0.1, 0.15) is 12.2 Å². The highest BCUT2D eigenvalue weighted by Gasteiger charge is 2.35. The van der Waals surface area contributed by atoms with Crippen molar-refractivity contribution in [2.45, 2.75) is 41.2 Å². The van der Waals surface area contributed by atoms with Crippen molar-refractivity contribution in [1.29, 1.82) is 0 Å². The van der Waals surface area contributed by atoms with Gasteiger partial charge in [-0.05, 0) is 18.3 Å². The van der Waals surface area contributed by atoms with Crippen LogP contribution in [0.25, 0.3) is 0 Å². The second-order valence-electron chi connectivity index (χ2n) is 4.51. The van der Waals surface area contributed by atoms with Gasteiger partial charge in [-0.25, -0.2) is 0 Å². The van der Waals surface area contributed by atoms with E-state index in [1.54, 1.807) is 0 Å². The number of carboxylic acid groups (broad SMARTS) is 1. The van der Waals surface area contributed by atoms with Gasteiger partial charge in [0.2, 0.25) is 0 Å². The Morgan fingerprint density at radius 3 is 2.22 bits per heavy atom. The highest BCUT2D eigenvalue weighted by atomic mass is 79.9. The molecular weight excluding hydrogens is 436 g/mol. The molecule has 0 aliphatic carbocycles. The van der Waals surface area contributed by atoms with E-state index in [9.17, 15) is 9.59 Å². The summed E-state index contributed by atoms with van der Waals surface area (Å²) >= 11 is 10.3. The van der Waals surface area contributed by atoms with E-state index in [0.717, 1.165) is 6.42 Å². The van der Waals surface area contributed by atoms with Crippen molar-refractivity contribution in [1.82, 2.24) is 0 Å². The van der Waals surface area contributed by atoms with Crippen molar-refractivity contribution in [3.63, 3.8) is 0 Å². The van der Waals surface area contributed by atoms with Crippen LogP contribution in [0.15, 0.2) is 0 Å². The minimum atomic E-state index is -1.11. The number of hydrogen-bond donors (Lipinski definition) is 2. The number of ketones is 1. The largest absolute Gasteiger partial charge is 0.481 e. The second-order valence-corrected chi connectivity index (χ2v) is 9.05. The van der Waals surface area contributed by atoms with Gasteiger partial charge in [0, 0.05) is 17.9 Å². The normalized spacial score (nSPS) is 16.3. The number of aliphatic hydroxyl groups is 1. The van der Waals surface area contributed by atoms with E-state index < -0.39 is 17.8 Å². The van der Waals surface area contributed by atoms with Crippen molar-refractivity contribution in [2.24, 2.45) is 5.41 Å². The van der Waals surface area contributed by atoms with E-state index in [-0.39, 0.29) is 27.4 Å². The molecular formula is C11H17Br3O4. The number of aliphatic hydroxyl groups excluding tert-OH is 1. The lowest BCUT2D eigenvalue weighted by atomic mass is 9.77. The average Bonchev–Trinajstić information content (AvgIpc) is 2.14. The van der Waals surface area contributed by atoms with E-state index in [1.807, 2.05) is 6.92 Å². The van der Waals surface area contributed by atoms with E-state index >= 15 is 0 Å². The molecule has 0 fully saturated rings. The first kappa shape index (κ1) is 18.5. The summed E-state index contributed by atoms with van der Waals surface area (Å²) < 4.78 is 0.0990. The summed E-state index contributed by atoms with van der Waals surface area (Å²) in [6, 6.07) is 0. The minimum absolute atomic E-state index is 0.00125. The molecule has 0 rings (SSSR count). The predicted octanol–water partition coefficient (Wildman–Crippen LogP) is 3.08. The fraction of sp³-hybridized carbons (Fsp3) is 0.818. The zero-order valence-electron chi connectivity index (χ0n) is 10.0. The number of carbonyl (C=O) groups is 2. The number of carboxylic acids is 1. The van der Waals surface area contributed by atoms with Gasteiger partial charge >= 0.3 is 5.97 Å². The number of rotatable bonds is 9. The summed E-state index contributed by atoms with van der Waals surface area (Å²) in [6.07, 6.45) is 0.840. The summed E-state index contributed by atoms with van der Waals surface area (Å²) in [6.45, 7) is 1.85. The molecule has 0 saturated heterocycles. The summed E-state index contributed by atoms with van der Waals surface area (Å²) in [7, 11) is 0. The molecule has 2 N–H and O–H groups in total. The number of aliphatic carboxylic acids is 1. The van der Waals surface area contributed by atoms with Crippen LogP contribution in [0.3, 0.4) is 0 Å².